The fourth-order valence-electron chi connectivity index (χ4n) is 1.14. The minimum Gasteiger partial charge on any atom is -0.363 e. The Morgan fingerprint density at radius 1 is 1.36 bits per heavy atom. The van der Waals surface area contributed by atoms with Crippen LogP contribution in [0.2, 0.25) is 0 Å². The number of aromatic nitrogens is 2. The summed E-state index contributed by atoms with van der Waals surface area (Å²) in [5, 5.41) is 0. The lowest BCUT2D eigenvalue weighted by Crippen LogP contribution is -2.12. The molecule has 0 fully saturated rings. The van der Waals surface area contributed by atoms with Crippen molar-refractivity contribution in [3.8, 4) is 0 Å². The lowest BCUT2D eigenvalue weighted by atomic mass is 10.3. The molecule has 0 aromatic carbocycles. The SMILES string of the molecule is CC=Cc1nc(CC)cc(N(C)C)n1. The van der Waals surface area contributed by atoms with Crippen LogP contribution in [0.1, 0.15) is 25.4 Å². The minimum atomic E-state index is 0.788. The average molecular weight is 191 g/mol. The Labute approximate surface area is 85.5 Å². The third-order valence-corrected chi connectivity index (χ3v) is 1.92. The summed E-state index contributed by atoms with van der Waals surface area (Å²) in [6.45, 7) is 4.07. The van der Waals surface area contributed by atoms with E-state index in [2.05, 4.69) is 16.9 Å². The Kier molecular flexibility index (Phi) is 3.63. The number of rotatable bonds is 3. The van der Waals surface area contributed by atoms with Gasteiger partial charge in [-0.2, -0.15) is 0 Å². The molecule has 1 heterocycles. The Morgan fingerprint density at radius 2 is 2.07 bits per heavy atom. The quantitative estimate of drug-likeness (QED) is 0.733. The maximum absolute atomic E-state index is 4.40. The first-order valence-corrected chi connectivity index (χ1v) is 4.85. The van der Waals surface area contributed by atoms with E-state index in [1.807, 2.05) is 44.1 Å². The van der Waals surface area contributed by atoms with E-state index < -0.39 is 0 Å². The van der Waals surface area contributed by atoms with Crippen LogP contribution in [0.4, 0.5) is 5.82 Å². The maximum Gasteiger partial charge on any atom is 0.154 e. The number of anilines is 1. The van der Waals surface area contributed by atoms with Gasteiger partial charge in [-0.3, -0.25) is 0 Å². The van der Waals surface area contributed by atoms with Gasteiger partial charge in [-0.25, -0.2) is 9.97 Å². The van der Waals surface area contributed by atoms with Crippen molar-refractivity contribution in [3.05, 3.63) is 23.7 Å². The van der Waals surface area contributed by atoms with Gasteiger partial charge in [0.15, 0.2) is 5.82 Å². The van der Waals surface area contributed by atoms with Crippen LogP contribution in [0, 0.1) is 0 Å². The lowest BCUT2D eigenvalue weighted by molar-refractivity contribution is 0.955. The molecule has 1 rings (SSSR count). The van der Waals surface area contributed by atoms with Crippen LogP contribution < -0.4 is 4.90 Å². The van der Waals surface area contributed by atoms with Crippen molar-refractivity contribution >= 4 is 11.9 Å². The first-order chi connectivity index (χ1) is 6.67. The third-order valence-electron chi connectivity index (χ3n) is 1.92. The fourth-order valence-corrected chi connectivity index (χ4v) is 1.14. The predicted molar refractivity (Wildman–Crippen MR) is 60.4 cm³/mol. The summed E-state index contributed by atoms with van der Waals surface area (Å²) in [6, 6.07) is 2.02. The summed E-state index contributed by atoms with van der Waals surface area (Å²) in [4.78, 5) is 10.8. The van der Waals surface area contributed by atoms with Gasteiger partial charge in [-0.05, 0) is 19.4 Å². The van der Waals surface area contributed by atoms with Crippen LogP contribution in [0.25, 0.3) is 6.08 Å². The van der Waals surface area contributed by atoms with E-state index in [0.29, 0.717) is 0 Å². The Balaban J connectivity index is 3.13. The Hall–Kier alpha value is -1.38. The highest BCUT2D eigenvalue weighted by Crippen LogP contribution is 2.11. The van der Waals surface area contributed by atoms with Crippen molar-refractivity contribution in [1.82, 2.24) is 9.97 Å². The molecule has 3 nitrogen and oxygen atoms in total. The molecular formula is C11H17N3. The molecule has 0 bridgehead atoms. The molecule has 0 aliphatic carbocycles. The zero-order valence-electron chi connectivity index (χ0n) is 9.28. The standard InChI is InChI=1S/C11H17N3/c1-5-7-10-12-9(6-2)8-11(13-10)14(3)4/h5,7-8H,6H2,1-4H3. The zero-order chi connectivity index (χ0) is 10.6. The monoisotopic (exact) mass is 191 g/mol. The molecule has 0 saturated heterocycles. The minimum absolute atomic E-state index is 0.788. The van der Waals surface area contributed by atoms with Crippen LogP contribution in [0.15, 0.2) is 12.1 Å². The second kappa shape index (κ2) is 4.74. The Morgan fingerprint density at radius 3 is 2.57 bits per heavy atom. The van der Waals surface area contributed by atoms with E-state index >= 15 is 0 Å². The fraction of sp³-hybridized carbons (Fsp3) is 0.455. The van der Waals surface area contributed by atoms with Crippen molar-refractivity contribution in [2.75, 3.05) is 19.0 Å². The van der Waals surface area contributed by atoms with Crippen molar-refractivity contribution in [2.24, 2.45) is 0 Å². The van der Waals surface area contributed by atoms with E-state index in [4.69, 9.17) is 0 Å². The van der Waals surface area contributed by atoms with E-state index in [1.54, 1.807) is 0 Å². The summed E-state index contributed by atoms with van der Waals surface area (Å²) in [6.07, 6.45) is 4.81. The number of allylic oxidation sites excluding steroid dienone is 1. The molecule has 0 atom stereocenters. The van der Waals surface area contributed by atoms with E-state index in [9.17, 15) is 0 Å². The van der Waals surface area contributed by atoms with Crippen LogP contribution in [0.3, 0.4) is 0 Å². The number of nitrogens with zero attached hydrogens (tertiary/aromatic N) is 3. The topological polar surface area (TPSA) is 29.0 Å². The van der Waals surface area contributed by atoms with Gasteiger partial charge in [0.1, 0.15) is 5.82 Å². The summed E-state index contributed by atoms with van der Waals surface area (Å²) in [5.41, 5.74) is 1.08. The molecule has 76 valence electrons. The first kappa shape index (κ1) is 10.7. The molecular weight excluding hydrogens is 174 g/mol. The summed E-state index contributed by atoms with van der Waals surface area (Å²) >= 11 is 0. The highest BCUT2D eigenvalue weighted by Gasteiger charge is 2.02. The van der Waals surface area contributed by atoms with Crippen molar-refractivity contribution < 1.29 is 0 Å². The van der Waals surface area contributed by atoms with Gasteiger partial charge in [-0.15, -0.1) is 0 Å². The summed E-state index contributed by atoms with van der Waals surface area (Å²) in [7, 11) is 3.97. The van der Waals surface area contributed by atoms with E-state index in [-0.39, 0.29) is 0 Å². The largest absolute Gasteiger partial charge is 0.363 e. The van der Waals surface area contributed by atoms with Crippen LogP contribution in [-0.4, -0.2) is 24.1 Å². The average Bonchev–Trinajstić information content (AvgIpc) is 2.17. The molecule has 0 aliphatic heterocycles. The molecule has 0 radical (unpaired) electrons. The van der Waals surface area contributed by atoms with Crippen LogP contribution in [-0.2, 0) is 6.42 Å². The summed E-state index contributed by atoms with van der Waals surface area (Å²) in [5.74, 6) is 1.75. The third kappa shape index (κ3) is 2.55. The Bertz CT molecular complexity index is 329. The van der Waals surface area contributed by atoms with E-state index in [1.165, 1.54) is 0 Å². The van der Waals surface area contributed by atoms with Gasteiger partial charge >= 0.3 is 0 Å². The highest BCUT2D eigenvalue weighted by atomic mass is 15.1. The second-order valence-electron chi connectivity index (χ2n) is 3.32. The molecule has 0 aliphatic rings. The lowest BCUT2D eigenvalue weighted by Gasteiger charge is -2.12. The van der Waals surface area contributed by atoms with Gasteiger partial charge in [0.05, 0.1) is 0 Å². The predicted octanol–water partition coefficient (Wildman–Crippen LogP) is 2.14. The molecule has 0 amide bonds. The molecule has 1 aromatic heterocycles. The second-order valence-corrected chi connectivity index (χ2v) is 3.32. The zero-order valence-corrected chi connectivity index (χ0v) is 9.28. The molecule has 14 heavy (non-hydrogen) atoms. The summed E-state index contributed by atoms with van der Waals surface area (Å²) < 4.78 is 0. The number of hydrogen-bond acceptors (Lipinski definition) is 3. The highest BCUT2D eigenvalue weighted by molar-refractivity contribution is 5.46. The van der Waals surface area contributed by atoms with Gasteiger partial charge in [0.25, 0.3) is 0 Å². The van der Waals surface area contributed by atoms with Crippen LogP contribution in [0.5, 0.6) is 0 Å². The first-order valence-electron chi connectivity index (χ1n) is 4.85. The van der Waals surface area contributed by atoms with Gasteiger partial charge < -0.3 is 4.90 Å². The van der Waals surface area contributed by atoms with Crippen molar-refractivity contribution in [1.29, 1.82) is 0 Å². The molecule has 1 aromatic rings. The van der Waals surface area contributed by atoms with E-state index in [0.717, 1.165) is 23.8 Å². The number of aryl methyl sites for hydroxylation is 1. The molecule has 0 N–H and O–H groups in total. The van der Waals surface area contributed by atoms with Crippen molar-refractivity contribution in [2.45, 2.75) is 20.3 Å². The van der Waals surface area contributed by atoms with Gasteiger partial charge in [0, 0.05) is 25.9 Å². The van der Waals surface area contributed by atoms with Crippen LogP contribution >= 0.6 is 0 Å². The maximum atomic E-state index is 4.40. The smallest absolute Gasteiger partial charge is 0.154 e. The van der Waals surface area contributed by atoms with Gasteiger partial charge in [0.2, 0.25) is 0 Å². The van der Waals surface area contributed by atoms with Gasteiger partial charge in [-0.1, -0.05) is 13.0 Å². The molecule has 3 heteroatoms. The van der Waals surface area contributed by atoms with Crippen molar-refractivity contribution in [3.63, 3.8) is 0 Å². The normalized spacial score (nSPS) is 10.9. The number of hydrogen-bond donors (Lipinski definition) is 0. The molecule has 0 spiro atoms. The molecule has 0 unspecified atom stereocenters. The molecule has 0 saturated carbocycles.